The maximum Gasteiger partial charge on any atom is 0.410 e. The fraction of sp³-hybridized carbons (Fsp3) is 0.579. The first-order chi connectivity index (χ1) is 12.6. The number of nitrogens with zero attached hydrogens (tertiary/aromatic N) is 2. The van der Waals surface area contributed by atoms with Gasteiger partial charge >= 0.3 is 6.09 Å². The lowest BCUT2D eigenvalue weighted by Gasteiger charge is -2.27. The van der Waals surface area contributed by atoms with Gasteiger partial charge in [-0.05, 0) is 51.1 Å². The molecular formula is C19H26N2O5. The first kappa shape index (κ1) is 18.5. The Kier molecular flexibility index (Phi) is 5.98. The number of hydrogen-bond donors (Lipinski definition) is 0. The second-order valence-corrected chi connectivity index (χ2v) is 6.74. The van der Waals surface area contributed by atoms with E-state index in [-0.39, 0.29) is 12.6 Å². The van der Waals surface area contributed by atoms with Crippen molar-refractivity contribution in [3.05, 3.63) is 23.8 Å². The highest BCUT2D eigenvalue weighted by molar-refractivity contribution is 6.01. The minimum atomic E-state index is -0.627. The number of ether oxygens (including phenoxy) is 3. The molecule has 7 nitrogen and oxygen atoms in total. The van der Waals surface area contributed by atoms with Crippen LogP contribution in [0.25, 0.3) is 0 Å². The number of hydrogen-bond acceptors (Lipinski definition) is 6. The lowest BCUT2D eigenvalue weighted by Crippen LogP contribution is -2.41. The second kappa shape index (κ2) is 8.40. The minimum absolute atomic E-state index is 0.159. The van der Waals surface area contributed by atoms with Crippen LogP contribution in [0.15, 0.2) is 18.2 Å². The van der Waals surface area contributed by atoms with E-state index in [0.29, 0.717) is 23.7 Å². The summed E-state index contributed by atoms with van der Waals surface area (Å²) >= 11 is 0. The summed E-state index contributed by atoms with van der Waals surface area (Å²) in [5.41, 5.74) is 0.481. The van der Waals surface area contributed by atoms with Crippen LogP contribution in [0.1, 0.15) is 36.5 Å². The summed E-state index contributed by atoms with van der Waals surface area (Å²) in [5, 5.41) is 0. The average Bonchev–Trinajstić information content (AvgIpc) is 3.14. The molecule has 1 aromatic rings. The van der Waals surface area contributed by atoms with E-state index in [9.17, 15) is 9.59 Å². The third-order valence-corrected chi connectivity index (χ3v) is 4.99. The van der Waals surface area contributed by atoms with Crippen LogP contribution >= 0.6 is 0 Å². The monoisotopic (exact) mass is 362 g/mol. The van der Waals surface area contributed by atoms with Crippen molar-refractivity contribution in [3.63, 3.8) is 0 Å². The molecule has 1 atom stereocenters. The summed E-state index contributed by atoms with van der Waals surface area (Å²) in [7, 11) is 1.58. The number of amides is 1. The number of likely N-dealkylation sites (tertiary alicyclic amines) is 1. The first-order valence-corrected chi connectivity index (χ1v) is 9.12. The minimum Gasteiger partial charge on any atom is -0.454 e. The van der Waals surface area contributed by atoms with Gasteiger partial charge in [-0.2, -0.15) is 0 Å². The molecule has 0 saturated carbocycles. The average molecular weight is 362 g/mol. The van der Waals surface area contributed by atoms with E-state index in [1.54, 1.807) is 32.2 Å². The van der Waals surface area contributed by atoms with Crippen LogP contribution < -0.4 is 9.47 Å². The van der Waals surface area contributed by atoms with Crippen molar-refractivity contribution in [2.45, 2.75) is 32.2 Å². The number of piperidine rings is 1. The molecule has 142 valence electrons. The molecule has 3 rings (SSSR count). The number of rotatable bonds is 6. The predicted molar refractivity (Wildman–Crippen MR) is 95.8 cm³/mol. The highest BCUT2D eigenvalue weighted by Gasteiger charge is 2.26. The van der Waals surface area contributed by atoms with Gasteiger partial charge in [0.1, 0.15) is 6.61 Å². The molecule has 2 aliphatic rings. The molecule has 0 unspecified atom stereocenters. The van der Waals surface area contributed by atoms with E-state index < -0.39 is 12.1 Å². The third-order valence-electron chi connectivity index (χ3n) is 4.99. The fourth-order valence-corrected chi connectivity index (χ4v) is 3.17. The molecule has 0 N–H and O–H groups in total. The molecular weight excluding hydrogens is 336 g/mol. The fourth-order valence-electron chi connectivity index (χ4n) is 3.17. The molecule has 0 aliphatic carbocycles. The van der Waals surface area contributed by atoms with E-state index in [2.05, 4.69) is 4.90 Å². The van der Waals surface area contributed by atoms with Crippen LogP contribution in [-0.2, 0) is 4.74 Å². The van der Waals surface area contributed by atoms with Gasteiger partial charge in [-0.3, -0.25) is 9.69 Å². The van der Waals surface area contributed by atoms with Gasteiger partial charge in [-0.1, -0.05) is 6.42 Å². The molecule has 0 spiro atoms. The van der Waals surface area contributed by atoms with Gasteiger partial charge in [0.2, 0.25) is 6.79 Å². The highest BCUT2D eigenvalue weighted by atomic mass is 16.7. The standard InChI is InChI=1S/C19H26N2O5/c1-14(18(22)15-6-7-16-17(12-15)26-13-25-16)20(2)19(23)24-11-10-21-8-4-3-5-9-21/h6-7,12,14H,3-5,8-11,13H2,1-2H3/t14-/m1/s1. The Labute approximate surface area is 153 Å². The number of carbonyl (C=O) groups excluding carboxylic acids is 2. The first-order valence-electron chi connectivity index (χ1n) is 9.12. The SMILES string of the molecule is C[C@H](C(=O)c1ccc2c(c1)OCO2)N(C)C(=O)OCCN1CCCCC1. The summed E-state index contributed by atoms with van der Waals surface area (Å²) in [4.78, 5) is 28.5. The molecule has 1 aromatic carbocycles. The molecule has 26 heavy (non-hydrogen) atoms. The molecule has 0 bridgehead atoms. The number of ketones is 1. The predicted octanol–water partition coefficient (Wildman–Crippen LogP) is 2.54. The van der Waals surface area contributed by atoms with Crippen LogP contribution in [0, 0.1) is 0 Å². The highest BCUT2D eigenvalue weighted by Crippen LogP contribution is 2.33. The Bertz CT molecular complexity index is 657. The summed E-state index contributed by atoms with van der Waals surface area (Å²) in [6.07, 6.45) is 3.20. The Morgan fingerprint density at radius 1 is 1.19 bits per heavy atom. The normalized spacial score (nSPS) is 17.6. The Balaban J connectivity index is 1.50. The molecule has 1 fully saturated rings. The number of Topliss-reactive ketones (excluding diaryl/α,β-unsaturated/α-hetero) is 1. The van der Waals surface area contributed by atoms with Gasteiger partial charge in [0.25, 0.3) is 0 Å². The Morgan fingerprint density at radius 3 is 2.69 bits per heavy atom. The van der Waals surface area contributed by atoms with Gasteiger partial charge < -0.3 is 19.1 Å². The van der Waals surface area contributed by atoms with Crippen molar-refractivity contribution in [2.75, 3.05) is 40.1 Å². The zero-order valence-corrected chi connectivity index (χ0v) is 15.4. The topological polar surface area (TPSA) is 68.3 Å². The van der Waals surface area contributed by atoms with Crippen LogP contribution in [0.5, 0.6) is 11.5 Å². The van der Waals surface area contributed by atoms with E-state index in [1.165, 1.54) is 24.2 Å². The van der Waals surface area contributed by atoms with Crippen molar-refractivity contribution in [2.24, 2.45) is 0 Å². The Morgan fingerprint density at radius 2 is 1.92 bits per heavy atom. The molecule has 0 aromatic heterocycles. The van der Waals surface area contributed by atoms with Crippen LogP contribution in [0.4, 0.5) is 4.79 Å². The summed E-state index contributed by atoms with van der Waals surface area (Å²) < 4.78 is 15.9. The van der Waals surface area contributed by atoms with Crippen LogP contribution in [0.3, 0.4) is 0 Å². The molecule has 7 heteroatoms. The van der Waals surface area contributed by atoms with Crippen molar-refractivity contribution in [1.82, 2.24) is 9.80 Å². The van der Waals surface area contributed by atoms with Gasteiger partial charge in [-0.25, -0.2) is 4.79 Å². The summed E-state index contributed by atoms with van der Waals surface area (Å²) in [5.74, 6) is 1.01. The van der Waals surface area contributed by atoms with Gasteiger partial charge in [0.15, 0.2) is 17.3 Å². The second-order valence-electron chi connectivity index (χ2n) is 6.74. The van der Waals surface area contributed by atoms with Crippen molar-refractivity contribution < 1.29 is 23.8 Å². The van der Waals surface area contributed by atoms with Crippen molar-refractivity contribution >= 4 is 11.9 Å². The van der Waals surface area contributed by atoms with E-state index in [4.69, 9.17) is 14.2 Å². The van der Waals surface area contributed by atoms with Crippen molar-refractivity contribution in [1.29, 1.82) is 0 Å². The van der Waals surface area contributed by atoms with Gasteiger partial charge in [-0.15, -0.1) is 0 Å². The van der Waals surface area contributed by atoms with E-state index in [1.807, 2.05) is 0 Å². The number of likely N-dealkylation sites (N-methyl/N-ethyl adjacent to an activating group) is 1. The summed E-state index contributed by atoms with van der Waals surface area (Å²) in [6, 6.07) is 4.41. The molecule has 2 heterocycles. The number of carbonyl (C=O) groups is 2. The Hall–Kier alpha value is -2.28. The van der Waals surface area contributed by atoms with Crippen LogP contribution in [0.2, 0.25) is 0 Å². The molecule has 2 aliphatic heterocycles. The zero-order chi connectivity index (χ0) is 18.5. The molecule has 1 saturated heterocycles. The summed E-state index contributed by atoms with van der Waals surface area (Å²) in [6.45, 7) is 5.06. The lowest BCUT2D eigenvalue weighted by molar-refractivity contribution is 0.0711. The maximum atomic E-state index is 12.7. The van der Waals surface area contributed by atoms with E-state index in [0.717, 1.165) is 19.6 Å². The quantitative estimate of drug-likeness (QED) is 0.725. The number of benzene rings is 1. The number of fused-ring (bicyclic) bond motifs is 1. The smallest absolute Gasteiger partial charge is 0.410 e. The van der Waals surface area contributed by atoms with Crippen molar-refractivity contribution in [3.8, 4) is 11.5 Å². The van der Waals surface area contributed by atoms with Gasteiger partial charge in [0, 0.05) is 19.2 Å². The molecule has 1 amide bonds. The maximum absolute atomic E-state index is 12.7. The van der Waals surface area contributed by atoms with Gasteiger partial charge in [0.05, 0.1) is 6.04 Å². The van der Waals surface area contributed by atoms with Crippen LogP contribution in [-0.4, -0.2) is 67.8 Å². The zero-order valence-electron chi connectivity index (χ0n) is 15.4. The lowest BCUT2D eigenvalue weighted by atomic mass is 10.0. The third kappa shape index (κ3) is 4.27. The molecule has 0 radical (unpaired) electrons. The van der Waals surface area contributed by atoms with E-state index >= 15 is 0 Å². The largest absolute Gasteiger partial charge is 0.454 e.